The number of para-hydroxylation sites is 1. The maximum atomic E-state index is 13.1. The van der Waals surface area contributed by atoms with Gasteiger partial charge in [-0.2, -0.15) is 0 Å². The van der Waals surface area contributed by atoms with E-state index in [9.17, 15) is 9.90 Å². The highest BCUT2D eigenvalue weighted by atomic mass is 16.5. The predicted molar refractivity (Wildman–Crippen MR) is 95.9 cm³/mol. The number of carbonyl (C=O) groups excluding carboxylic acids is 1. The van der Waals surface area contributed by atoms with Crippen LogP contribution in [0.2, 0.25) is 0 Å². The molecule has 0 radical (unpaired) electrons. The van der Waals surface area contributed by atoms with Gasteiger partial charge in [0.05, 0.1) is 23.9 Å². The number of amides is 1. The van der Waals surface area contributed by atoms with Crippen LogP contribution in [0, 0.1) is 5.92 Å². The van der Waals surface area contributed by atoms with Crippen LogP contribution in [0.4, 0.5) is 5.69 Å². The molecule has 1 amide bonds. The molecule has 24 heavy (non-hydrogen) atoms. The van der Waals surface area contributed by atoms with Crippen LogP contribution in [0.5, 0.6) is 5.75 Å². The molecule has 0 aromatic heterocycles. The quantitative estimate of drug-likeness (QED) is 0.846. The first kappa shape index (κ1) is 18.5. The van der Waals surface area contributed by atoms with Gasteiger partial charge in [0.15, 0.2) is 5.75 Å². The maximum Gasteiger partial charge on any atom is 0.258 e. The number of ether oxygens (including phenoxy) is 1. The number of fused-ring (bicyclic) bond motifs is 1. The zero-order valence-electron chi connectivity index (χ0n) is 15.2. The van der Waals surface area contributed by atoms with Crippen molar-refractivity contribution in [2.45, 2.75) is 26.0 Å². The van der Waals surface area contributed by atoms with E-state index in [2.05, 4.69) is 12.2 Å². The van der Waals surface area contributed by atoms with E-state index < -0.39 is 0 Å². The summed E-state index contributed by atoms with van der Waals surface area (Å²) in [5.74, 6) is 0.665. The van der Waals surface area contributed by atoms with E-state index in [4.69, 9.17) is 4.74 Å². The molecule has 0 aliphatic carbocycles. The highest BCUT2D eigenvalue weighted by molar-refractivity contribution is 5.99. The molecule has 6 heteroatoms. The lowest BCUT2D eigenvalue weighted by molar-refractivity contribution is 0.0417. The number of hydrogen-bond acceptors (Lipinski definition) is 5. The molecule has 0 fully saturated rings. The molecule has 0 unspecified atom stereocenters. The summed E-state index contributed by atoms with van der Waals surface area (Å²) >= 11 is 0. The number of aliphatic hydroxyl groups is 1. The monoisotopic (exact) mass is 335 g/mol. The lowest BCUT2D eigenvalue weighted by atomic mass is 9.99. The second-order valence-electron chi connectivity index (χ2n) is 6.73. The minimum absolute atomic E-state index is 0.0568. The fourth-order valence-electron chi connectivity index (χ4n) is 3.02. The number of hydrogen-bond donors (Lipinski definition) is 2. The molecule has 134 valence electrons. The van der Waals surface area contributed by atoms with Crippen molar-refractivity contribution in [2.24, 2.45) is 5.92 Å². The number of nitrogens with zero attached hydrogens (tertiary/aromatic N) is 2. The van der Waals surface area contributed by atoms with Gasteiger partial charge in [-0.25, -0.2) is 0 Å². The lowest BCUT2D eigenvalue weighted by Crippen LogP contribution is -2.49. The van der Waals surface area contributed by atoms with Gasteiger partial charge in [-0.05, 0) is 26.1 Å². The first-order valence-electron chi connectivity index (χ1n) is 8.44. The average molecular weight is 335 g/mol. The molecular weight excluding hydrogens is 306 g/mol. The molecule has 0 bridgehead atoms. The van der Waals surface area contributed by atoms with Crippen molar-refractivity contribution in [2.75, 3.05) is 45.7 Å². The Bertz CT molecular complexity index is 577. The van der Waals surface area contributed by atoms with Crippen molar-refractivity contribution < 1.29 is 14.6 Å². The van der Waals surface area contributed by atoms with Crippen LogP contribution in [-0.4, -0.2) is 68.9 Å². The average Bonchev–Trinajstić information content (AvgIpc) is 2.56. The molecule has 1 aliphatic rings. The van der Waals surface area contributed by atoms with Gasteiger partial charge in [-0.15, -0.1) is 0 Å². The van der Waals surface area contributed by atoms with Crippen molar-refractivity contribution in [1.82, 2.24) is 10.2 Å². The number of aliphatic hydroxyl groups excluding tert-OH is 1. The Hall–Kier alpha value is -1.79. The lowest BCUT2D eigenvalue weighted by Gasteiger charge is -2.38. The van der Waals surface area contributed by atoms with Gasteiger partial charge in [0.1, 0.15) is 6.10 Å². The minimum Gasteiger partial charge on any atom is -0.486 e. The molecule has 1 aromatic carbocycles. The summed E-state index contributed by atoms with van der Waals surface area (Å²) in [7, 11) is 5.77. The normalized spacial score (nSPS) is 22.2. The molecule has 2 rings (SSSR count). The summed E-state index contributed by atoms with van der Waals surface area (Å²) in [4.78, 5) is 16.8. The number of benzene rings is 1. The van der Waals surface area contributed by atoms with Crippen molar-refractivity contribution in [3.63, 3.8) is 0 Å². The number of rotatable bonds is 5. The third kappa shape index (κ3) is 3.65. The topological polar surface area (TPSA) is 65.0 Å². The molecule has 0 spiro atoms. The van der Waals surface area contributed by atoms with E-state index in [0.717, 1.165) is 5.69 Å². The van der Waals surface area contributed by atoms with Gasteiger partial charge >= 0.3 is 0 Å². The second-order valence-corrected chi connectivity index (χ2v) is 6.73. The van der Waals surface area contributed by atoms with E-state index in [0.29, 0.717) is 24.4 Å². The van der Waals surface area contributed by atoms with Crippen LogP contribution in [-0.2, 0) is 0 Å². The van der Waals surface area contributed by atoms with Crippen LogP contribution in [0.15, 0.2) is 18.2 Å². The highest BCUT2D eigenvalue weighted by Gasteiger charge is 2.33. The van der Waals surface area contributed by atoms with Crippen molar-refractivity contribution in [3.8, 4) is 5.75 Å². The van der Waals surface area contributed by atoms with Gasteiger partial charge in [0, 0.05) is 33.1 Å². The van der Waals surface area contributed by atoms with Gasteiger partial charge in [-0.3, -0.25) is 4.79 Å². The smallest absolute Gasteiger partial charge is 0.258 e. The molecule has 2 N–H and O–H groups in total. The zero-order valence-corrected chi connectivity index (χ0v) is 15.2. The van der Waals surface area contributed by atoms with Gasteiger partial charge in [0.2, 0.25) is 0 Å². The van der Waals surface area contributed by atoms with Crippen molar-refractivity contribution in [1.29, 1.82) is 0 Å². The molecule has 0 saturated heterocycles. The van der Waals surface area contributed by atoms with E-state index in [-0.39, 0.29) is 30.6 Å². The minimum atomic E-state index is -0.232. The summed E-state index contributed by atoms with van der Waals surface area (Å²) in [5, 5.41) is 12.7. The first-order valence-corrected chi connectivity index (χ1v) is 8.44. The Morgan fingerprint density at radius 2 is 2.17 bits per heavy atom. The summed E-state index contributed by atoms with van der Waals surface area (Å²) in [5.41, 5.74) is 1.43. The Labute approximate surface area is 144 Å². The third-order valence-corrected chi connectivity index (χ3v) is 4.56. The number of carbonyl (C=O) groups is 1. The highest BCUT2D eigenvalue weighted by Crippen LogP contribution is 2.35. The predicted octanol–water partition coefficient (Wildman–Crippen LogP) is 1.19. The summed E-state index contributed by atoms with van der Waals surface area (Å²) in [6.07, 6.45) is -0.0589. The van der Waals surface area contributed by atoms with E-state index in [1.807, 2.05) is 45.1 Å². The largest absolute Gasteiger partial charge is 0.486 e. The number of anilines is 1. The summed E-state index contributed by atoms with van der Waals surface area (Å²) in [6.45, 7) is 5.14. The molecule has 1 aromatic rings. The summed E-state index contributed by atoms with van der Waals surface area (Å²) < 4.78 is 6.30. The fraction of sp³-hybridized carbons (Fsp3) is 0.611. The van der Waals surface area contributed by atoms with Crippen molar-refractivity contribution in [3.05, 3.63) is 23.8 Å². The van der Waals surface area contributed by atoms with Crippen LogP contribution in [0.3, 0.4) is 0 Å². The van der Waals surface area contributed by atoms with Crippen LogP contribution in [0.25, 0.3) is 0 Å². The standard InChI is InChI=1S/C18H29N3O3/c1-12-10-21(13(2)11-22)18(23)14-7-6-8-15(20(4)5)17(14)24-16(12)9-19-3/h6-8,12-13,16,19,22H,9-11H2,1-5H3/t12-,13-,16-/m1/s1. The molecule has 1 aliphatic heterocycles. The molecule has 3 atom stereocenters. The van der Waals surface area contributed by atoms with Crippen LogP contribution in [0.1, 0.15) is 24.2 Å². The number of likely N-dealkylation sites (N-methyl/N-ethyl adjacent to an activating group) is 1. The van der Waals surface area contributed by atoms with E-state index in [1.165, 1.54) is 0 Å². The van der Waals surface area contributed by atoms with Crippen LogP contribution < -0.4 is 15.0 Å². The Morgan fingerprint density at radius 1 is 1.46 bits per heavy atom. The van der Waals surface area contributed by atoms with Crippen molar-refractivity contribution >= 4 is 11.6 Å². The van der Waals surface area contributed by atoms with Gasteiger partial charge < -0.3 is 25.0 Å². The van der Waals surface area contributed by atoms with E-state index >= 15 is 0 Å². The Morgan fingerprint density at radius 3 is 2.75 bits per heavy atom. The third-order valence-electron chi connectivity index (χ3n) is 4.56. The Balaban J connectivity index is 2.56. The molecule has 0 saturated carbocycles. The SMILES string of the molecule is CNC[C@H]1Oc2c(cccc2N(C)C)C(=O)N([C@H](C)CO)C[C@H]1C. The second kappa shape index (κ2) is 7.85. The van der Waals surface area contributed by atoms with Crippen LogP contribution >= 0.6 is 0 Å². The molecule has 6 nitrogen and oxygen atoms in total. The summed E-state index contributed by atoms with van der Waals surface area (Å²) in [6, 6.07) is 5.39. The Kier molecular flexibility index (Phi) is 6.07. The zero-order chi connectivity index (χ0) is 17.9. The fourth-order valence-corrected chi connectivity index (χ4v) is 3.02. The van der Waals surface area contributed by atoms with Gasteiger partial charge in [-0.1, -0.05) is 13.0 Å². The molecule has 1 heterocycles. The van der Waals surface area contributed by atoms with Gasteiger partial charge in [0.25, 0.3) is 5.91 Å². The first-order chi connectivity index (χ1) is 11.4. The molecular formula is C18H29N3O3. The van der Waals surface area contributed by atoms with E-state index in [1.54, 1.807) is 11.0 Å². The maximum absolute atomic E-state index is 13.1. The number of nitrogens with one attached hydrogen (secondary N) is 1.